The van der Waals surface area contributed by atoms with Crippen molar-refractivity contribution in [2.75, 3.05) is 6.61 Å². The van der Waals surface area contributed by atoms with Crippen molar-refractivity contribution >= 4 is 0 Å². The van der Waals surface area contributed by atoms with Gasteiger partial charge in [0.25, 0.3) is 0 Å². The van der Waals surface area contributed by atoms with E-state index in [2.05, 4.69) is 6.61 Å². The van der Waals surface area contributed by atoms with E-state index >= 15 is 0 Å². The largest absolute Gasteiger partial charge is 0.482 e. The fourth-order valence-electron chi connectivity index (χ4n) is 0.918. The minimum atomic E-state index is -0.399. The first-order chi connectivity index (χ1) is 5.38. The molecule has 2 nitrogen and oxygen atoms in total. The maximum Gasteiger partial charge on any atom is 0.237 e. The molecule has 1 aliphatic rings. The molecule has 1 aromatic carbocycles. The van der Waals surface area contributed by atoms with E-state index in [4.69, 9.17) is 9.47 Å². The van der Waals surface area contributed by atoms with Gasteiger partial charge in [-0.05, 0) is 12.1 Å². The summed E-state index contributed by atoms with van der Waals surface area (Å²) in [6.45, 7) is 2.65. The SMILES string of the molecule is Fc1cccc2c1OC[C]O2. The van der Waals surface area contributed by atoms with Crippen LogP contribution in [0.1, 0.15) is 0 Å². The van der Waals surface area contributed by atoms with Crippen molar-refractivity contribution in [1.29, 1.82) is 0 Å². The second-order valence-corrected chi connectivity index (χ2v) is 2.10. The van der Waals surface area contributed by atoms with E-state index in [-0.39, 0.29) is 12.4 Å². The lowest BCUT2D eigenvalue weighted by Crippen LogP contribution is -2.11. The molecule has 0 N–H and O–H groups in total. The lowest BCUT2D eigenvalue weighted by atomic mass is 10.3. The van der Waals surface area contributed by atoms with Gasteiger partial charge >= 0.3 is 0 Å². The third-order valence-corrected chi connectivity index (χ3v) is 1.39. The van der Waals surface area contributed by atoms with Crippen molar-refractivity contribution in [2.24, 2.45) is 0 Å². The van der Waals surface area contributed by atoms with Crippen molar-refractivity contribution in [3.8, 4) is 11.5 Å². The van der Waals surface area contributed by atoms with Crippen LogP contribution in [0.5, 0.6) is 11.5 Å². The average Bonchev–Trinajstić information content (AvgIpc) is 2.06. The lowest BCUT2D eigenvalue weighted by Gasteiger charge is -2.16. The Balaban J connectivity index is 2.49. The zero-order chi connectivity index (χ0) is 7.68. The molecule has 2 radical (unpaired) electrons. The molecular weight excluding hydrogens is 147 g/mol. The van der Waals surface area contributed by atoms with Gasteiger partial charge in [0.1, 0.15) is 6.61 Å². The number of benzene rings is 1. The van der Waals surface area contributed by atoms with Crippen LogP contribution >= 0.6 is 0 Å². The molecule has 0 spiro atoms. The third kappa shape index (κ3) is 1.02. The monoisotopic (exact) mass is 152 g/mol. The quantitative estimate of drug-likeness (QED) is 0.562. The topological polar surface area (TPSA) is 18.5 Å². The summed E-state index contributed by atoms with van der Waals surface area (Å²) < 4.78 is 22.7. The highest BCUT2D eigenvalue weighted by molar-refractivity contribution is 5.42. The Hall–Kier alpha value is -1.25. The van der Waals surface area contributed by atoms with Crippen LogP contribution in [0.3, 0.4) is 0 Å². The zero-order valence-corrected chi connectivity index (χ0v) is 5.63. The van der Waals surface area contributed by atoms with Gasteiger partial charge < -0.3 is 9.47 Å². The molecule has 0 saturated heterocycles. The molecule has 2 rings (SSSR count). The van der Waals surface area contributed by atoms with E-state index in [1.165, 1.54) is 6.07 Å². The van der Waals surface area contributed by atoms with Gasteiger partial charge in [0, 0.05) is 0 Å². The van der Waals surface area contributed by atoms with Crippen LogP contribution in [0.15, 0.2) is 18.2 Å². The van der Waals surface area contributed by atoms with Crippen LogP contribution in [-0.2, 0) is 0 Å². The van der Waals surface area contributed by atoms with Crippen molar-refractivity contribution in [2.45, 2.75) is 0 Å². The Morgan fingerprint density at radius 1 is 1.45 bits per heavy atom. The molecule has 0 unspecified atom stereocenters. The number of hydrogen-bond acceptors (Lipinski definition) is 2. The van der Waals surface area contributed by atoms with Gasteiger partial charge in [-0.15, -0.1) is 0 Å². The maximum absolute atomic E-state index is 12.8. The Bertz CT molecular complexity index is 273. The molecular formula is C8H5FO2. The molecule has 0 aromatic heterocycles. The highest BCUT2D eigenvalue weighted by Gasteiger charge is 2.15. The first-order valence-corrected chi connectivity index (χ1v) is 3.19. The summed E-state index contributed by atoms with van der Waals surface area (Å²) in [6, 6.07) is 4.52. The number of hydrogen-bond donors (Lipinski definition) is 0. The molecule has 0 amide bonds. The van der Waals surface area contributed by atoms with E-state index in [0.717, 1.165) is 0 Å². The Morgan fingerprint density at radius 3 is 3.18 bits per heavy atom. The molecule has 3 heteroatoms. The van der Waals surface area contributed by atoms with E-state index in [1.54, 1.807) is 12.1 Å². The second kappa shape index (κ2) is 2.42. The van der Waals surface area contributed by atoms with Gasteiger partial charge in [0.15, 0.2) is 17.3 Å². The van der Waals surface area contributed by atoms with Crippen LogP contribution in [0.25, 0.3) is 0 Å². The van der Waals surface area contributed by atoms with Crippen LogP contribution in [0.2, 0.25) is 0 Å². The Kier molecular flexibility index (Phi) is 1.42. The fourth-order valence-corrected chi connectivity index (χ4v) is 0.918. The summed E-state index contributed by atoms with van der Waals surface area (Å²) in [5, 5.41) is 0. The molecule has 0 bridgehead atoms. The van der Waals surface area contributed by atoms with Crippen molar-refractivity contribution < 1.29 is 13.9 Å². The lowest BCUT2D eigenvalue weighted by molar-refractivity contribution is 0.214. The van der Waals surface area contributed by atoms with E-state index in [0.29, 0.717) is 5.75 Å². The number of ether oxygens (including phenoxy) is 2. The molecule has 0 aliphatic carbocycles. The predicted molar refractivity (Wildman–Crippen MR) is 35.8 cm³/mol. The van der Waals surface area contributed by atoms with Crippen molar-refractivity contribution in [3.63, 3.8) is 0 Å². The standard InChI is InChI=1S/C8H5FO2/c9-6-2-1-3-7-8(6)11-5-4-10-7/h1-3H,5H2. The molecule has 11 heavy (non-hydrogen) atoms. The first-order valence-electron chi connectivity index (χ1n) is 3.19. The van der Waals surface area contributed by atoms with Crippen molar-refractivity contribution in [3.05, 3.63) is 30.6 Å². The molecule has 0 atom stereocenters. The molecule has 1 aliphatic heterocycles. The highest BCUT2D eigenvalue weighted by atomic mass is 19.1. The second-order valence-electron chi connectivity index (χ2n) is 2.10. The number of fused-ring (bicyclic) bond motifs is 1. The maximum atomic E-state index is 12.8. The van der Waals surface area contributed by atoms with Gasteiger partial charge in [-0.3, -0.25) is 0 Å². The molecule has 56 valence electrons. The zero-order valence-electron chi connectivity index (χ0n) is 5.63. The summed E-state index contributed by atoms with van der Waals surface area (Å²) in [6.07, 6.45) is 0. The number of halogens is 1. The third-order valence-electron chi connectivity index (χ3n) is 1.39. The van der Waals surface area contributed by atoms with Gasteiger partial charge in [-0.2, -0.15) is 0 Å². The summed E-state index contributed by atoms with van der Waals surface area (Å²) in [5.74, 6) is 0.159. The molecule has 0 fully saturated rings. The normalized spacial score (nSPS) is 14.6. The van der Waals surface area contributed by atoms with Crippen LogP contribution in [0.4, 0.5) is 4.39 Å². The summed E-state index contributed by atoms with van der Waals surface area (Å²) in [7, 11) is 0. The smallest absolute Gasteiger partial charge is 0.237 e. The molecule has 1 heterocycles. The van der Waals surface area contributed by atoms with E-state index in [1.807, 2.05) is 0 Å². The first kappa shape index (κ1) is 6.46. The fraction of sp³-hybridized carbons (Fsp3) is 0.125. The minimum Gasteiger partial charge on any atom is -0.482 e. The van der Waals surface area contributed by atoms with Crippen LogP contribution in [-0.4, -0.2) is 6.61 Å². The number of rotatable bonds is 0. The summed E-state index contributed by atoms with van der Waals surface area (Å²) in [4.78, 5) is 0. The minimum absolute atomic E-state index is 0.172. The molecule has 0 saturated carbocycles. The van der Waals surface area contributed by atoms with Crippen molar-refractivity contribution in [1.82, 2.24) is 0 Å². The van der Waals surface area contributed by atoms with E-state index < -0.39 is 5.82 Å². The van der Waals surface area contributed by atoms with Gasteiger partial charge in [0.2, 0.25) is 6.61 Å². The van der Waals surface area contributed by atoms with Gasteiger partial charge in [-0.1, -0.05) is 6.07 Å². The number of para-hydroxylation sites is 1. The predicted octanol–water partition coefficient (Wildman–Crippen LogP) is 1.64. The Morgan fingerprint density at radius 2 is 2.36 bits per heavy atom. The van der Waals surface area contributed by atoms with E-state index in [9.17, 15) is 4.39 Å². The van der Waals surface area contributed by atoms with Crippen LogP contribution < -0.4 is 9.47 Å². The van der Waals surface area contributed by atoms with Crippen LogP contribution in [0, 0.1) is 12.4 Å². The summed E-state index contributed by atoms with van der Waals surface area (Å²) >= 11 is 0. The summed E-state index contributed by atoms with van der Waals surface area (Å²) in [5.41, 5.74) is 0. The molecule has 1 aromatic rings. The average molecular weight is 152 g/mol. The van der Waals surface area contributed by atoms with Gasteiger partial charge in [0.05, 0.1) is 0 Å². The highest BCUT2D eigenvalue weighted by Crippen LogP contribution is 2.32. The van der Waals surface area contributed by atoms with Gasteiger partial charge in [-0.25, -0.2) is 4.39 Å². The Labute approximate surface area is 63.5 Å².